The Balaban J connectivity index is 1.84. The van der Waals surface area contributed by atoms with Crippen molar-refractivity contribution in [2.24, 2.45) is 5.92 Å². The molecule has 0 fully saturated rings. The average Bonchev–Trinajstić information content (AvgIpc) is 2.88. The molecule has 2 rings (SSSR count). The van der Waals surface area contributed by atoms with Gasteiger partial charge in [-0.15, -0.1) is 11.3 Å². The van der Waals surface area contributed by atoms with E-state index in [0.717, 1.165) is 19.3 Å². The van der Waals surface area contributed by atoms with E-state index in [9.17, 15) is 9.59 Å². The summed E-state index contributed by atoms with van der Waals surface area (Å²) < 4.78 is 5.00. The lowest BCUT2D eigenvalue weighted by Crippen LogP contribution is -2.29. The van der Waals surface area contributed by atoms with Crippen LogP contribution in [-0.4, -0.2) is 25.0 Å². The van der Waals surface area contributed by atoms with Gasteiger partial charge in [0.2, 0.25) is 0 Å². The molecule has 0 aromatic carbocycles. The van der Waals surface area contributed by atoms with Crippen LogP contribution in [0, 0.1) is 17.2 Å². The van der Waals surface area contributed by atoms with Gasteiger partial charge in [-0.3, -0.25) is 4.79 Å². The van der Waals surface area contributed by atoms with E-state index in [0.29, 0.717) is 10.8 Å². The second-order valence-electron chi connectivity index (χ2n) is 5.24. The first-order valence-corrected chi connectivity index (χ1v) is 7.84. The standard InChI is InChI=1S/C15H18N2O3S/c1-10-3-4-12-11(7-10)8-13(21-12)15(19)20-9-14(18)17-6-2-5-16/h8,10H,2-4,6-7,9H2,1H3,(H,17,18)/t10-/m1/s1. The van der Waals surface area contributed by atoms with Crippen LogP contribution < -0.4 is 5.32 Å². The number of hydrogen-bond acceptors (Lipinski definition) is 5. The number of nitriles is 1. The van der Waals surface area contributed by atoms with E-state index in [2.05, 4.69) is 12.2 Å². The molecule has 21 heavy (non-hydrogen) atoms. The third-order valence-electron chi connectivity index (χ3n) is 3.42. The van der Waals surface area contributed by atoms with Gasteiger partial charge in [-0.2, -0.15) is 5.26 Å². The van der Waals surface area contributed by atoms with Crippen LogP contribution in [0.15, 0.2) is 6.07 Å². The smallest absolute Gasteiger partial charge is 0.348 e. The van der Waals surface area contributed by atoms with E-state index in [1.807, 2.05) is 12.1 Å². The highest BCUT2D eigenvalue weighted by atomic mass is 32.1. The summed E-state index contributed by atoms with van der Waals surface area (Å²) in [4.78, 5) is 25.2. The molecule has 5 nitrogen and oxygen atoms in total. The Morgan fingerprint density at radius 1 is 1.57 bits per heavy atom. The van der Waals surface area contributed by atoms with E-state index in [1.54, 1.807) is 0 Å². The fourth-order valence-corrected chi connectivity index (χ4v) is 3.42. The minimum Gasteiger partial charge on any atom is -0.451 e. The fourth-order valence-electron chi connectivity index (χ4n) is 2.32. The molecule has 0 bridgehead atoms. The SMILES string of the molecule is C[C@@H]1CCc2sc(C(=O)OCC(=O)NCCC#N)cc2C1. The molecule has 6 heteroatoms. The molecule has 1 aromatic heterocycles. The second-order valence-corrected chi connectivity index (χ2v) is 6.38. The Morgan fingerprint density at radius 3 is 3.14 bits per heavy atom. The lowest BCUT2D eigenvalue weighted by molar-refractivity contribution is -0.124. The van der Waals surface area contributed by atoms with Crippen molar-refractivity contribution >= 4 is 23.2 Å². The third kappa shape index (κ3) is 4.30. The molecule has 1 heterocycles. The third-order valence-corrected chi connectivity index (χ3v) is 4.64. The number of aryl methyl sites for hydroxylation is 1. The largest absolute Gasteiger partial charge is 0.451 e. The zero-order chi connectivity index (χ0) is 15.2. The zero-order valence-electron chi connectivity index (χ0n) is 12.0. The molecular formula is C15H18N2O3S. The Bertz CT molecular complexity index is 574. The maximum atomic E-state index is 11.9. The van der Waals surface area contributed by atoms with Crippen LogP contribution in [0.4, 0.5) is 0 Å². The Hall–Kier alpha value is -1.87. The zero-order valence-corrected chi connectivity index (χ0v) is 12.8. The molecule has 0 spiro atoms. The summed E-state index contributed by atoms with van der Waals surface area (Å²) in [5.74, 6) is -0.173. The number of hydrogen-bond donors (Lipinski definition) is 1. The van der Waals surface area contributed by atoms with E-state index >= 15 is 0 Å². The number of thiophene rings is 1. The van der Waals surface area contributed by atoms with Crippen molar-refractivity contribution in [1.82, 2.24) is 5.32 Å². The van der Waals surface area contributed by atoms with Gasteiger partial charge in [-0.05, 0) is 36.8 Å². The molecule has 1 aliphatic carbocycles. The molecule has 1 aromatic rings. The van der Waals surface area contributed by atoms with Crippen LogP contribution in [0.1, 0.15) is 39.9 Å². The molecule has 0 saturated heterocycles. The number of nitrogens with one attached hydrogen (secondary N) is 1. The number of fused-ring (bicyclic) bond motifs is 1. The van der Waals surface area contributed by atoms with Crippen molar-refractivity contribution < 1.29 is 14.3 Å². The molecule has 1 atom stereocenters. The highest BCUT2D eigenvalue weighted by molar-refractivity contribution is 7.14. The topological polar surface area (TPSA) is 79.2 Å². The molecule has 0 radical (unpaired) electrons. The van der Waals surface area contributed by atoms with Crippen LogP contribution >= 0.6 is 11.3 Å². The summed E-state index contributed by atoms with van der Waals surface area (Å²) in [5, 5.41) is 10.9. The first kappa shape index (κ1) is 15.5. The lowest BCUT2D eigenvalue weighted by atomic mass is 9.90. The molecule has 1 N–H and O–H groups in total. The average molecular weight is 306 g/mol. The van der Waals surface area contributed by atoms with Gasteiger partial charge in [-0.1, -0.05) is 6.92 Å². The number of nitrogens with zero attached hydrogens (tertiary/aromatic N) is 1. The summed E-state index contributed by atoms with van der Waals surface area (Å²) in [6.45, 7) is 2.19. The summed E-state index contributed by atoms with van der Waals surface area (Å²) >= 11 is 1.47. The Morgan fingerprint density at radius 2 is 2.38 bits per heavy atom. The number of carbonyl (C=O) groups is 2. The van der Waals surface area contributed by atoms with Crippen molar-refractivity contribution in [2.75, 3.05) is 13.2 Å². The van der Waals surface area contributed by atoms with Crippen molar-refractivity contribution in [3.8, 4) is 6.07 Å². The second kappa shape index (κ2) is 7.23. The number of amides is 1. The van der Waals surface area contributed by atoms with Crippen LogP contribution in [0.5, 0.6) is 0 Å². The highest BCUT2D eigenvalue weighted by Crippen LogP contribution is 2.32. The van der Waals surface area contributed by atoms with Gasteiger partial charge in [0.15, 0.2) is 6.61 Å². The van der Waals surface area contributed by atoms with Gasteiger partial charge in [0.25, 0.3) is 5.91 Å². The van der Waals surface area contributed by atoms with Crippen molar-refractivity contribution in [3.63, 3.8) is 0 Å². The van der Waals surface area contributed by atoms with E-state index in [-0.39, 0.29) is 25.5 Å². The first-order valence-electron chi connectivity index (χ1n) is 7.02. The normalized spacial score (nSPS) is 16.7. The van der Waals surface area contributed by atoms with Gasteiger partial charge in [0, 0.05) is 11.4 Å². The summed E-state index contributed by atoms with van der Waals surface area (Å²) in [5.41, 5.74) is 1.24. The molecule has 0 unspecified atom stereocenters. The fraction of sp³-hybridized carbons (Fsp3) is 0.533. The Kier molecular flexibility index (Phi) is 5.34. The summed E-state index contributed by atoms with van der Waals surface area (Å²) in [6.07, 6.45) is 3.43. The minimum atomic E-state index is -0.447. The van der Waals surface area contributed by atoms with E-state index < -0.39 is 5.97 Å². The predicted molar refractivity (Wildman–Crippen MR) is 79.0 cm³/mol. The lowest BCUT2D eigenvalue weighted by Gasteiger charge is -2.16. The summed E-state index contributed by atoms with van der Waals surface area (Å²) in [7, 11) is 0. The van der Waals surface area contributed by atoms with Crippen LogP contribution in [0.3, 0.4) is 0 Å². The molecule has 0 saturated carbocycles. The van der Waals surface area contributed by atoms with Crippen molar-refractivity contribution in [1.29, 1.82) is 5.26 Å². The van der Waals surface area contributed by atoms with Gasteiger partial charge in [0.05, 0.1) is 12.5 Å². The number of ether oxygens (including phenoxy) is 1. The van der Waals surface area contributed by atoms with E-state index in [1.165, 1.54) is 21.8 Å². The predicted octanol–water partition coefficient (Wildman–Crippen LogP) is 2.06. The Labute approximate surface area is 127 Å². The van der Waals surface area contributed by atoms with Gasteiger partial charge in [-0.25, -0.2) is 4.79 Å². The minimum absolute atomic E-state index is 0.246. The molecule has 112 valence electrons. The number of carbonyl (C=O) groups excluding carboxylic acids is 2. The van der Waals surface area contributed by atoms with E-state index in [4.69, 9.17) is 10.00 Å². The van der Waals surface area contributed by atoms with Gasteiger partial charge >= 0.3 is 5.97 Å². The molecule has 1 aliphatic rings. The monoisotopic (exact) mass is 306 g/mol. The molecule has 1 amide bonds. The first-order chi connectivity index (χ1) is 10.1. The van der Waals surface area contributed by atoms with Crippen LogP contribution in [0.2, 0.25) is 0 Å². The molecule has 0 aliphatic heterocycles. The van der Waals surface area contributed by atoms with Crippen molar-refractivity contribution in [3.05, 3.63) is 21.4 Å². The van der Waals surface area contributed by atoms with Crippen LogP contribution in [-0.2, 0) is 22.4 Å². The van der Waals surface area contributed by atoms with Gasteiger partial charge < -0.3 is 10.1 Å². The number of esters is 1. The van der Waals surface area contributed by atoms with Crippen molar-refractivity contribution in [2.45, 2.75) is 32.6 Å². The highest BCUT2D eigenvalue weighted by Gasteiger charge is 2.21. The molecular weight excluding hydrogens is 288 g/mol. The quantitative estimate of drug-likeness (QED) is 0.667. The van der Waals surface area contributed by atoms with Gasteiger partial charge in [0.1, 0.15) is 4.88 Å². The maximum Gasteiger partial charge on any atom is 0.348 e. The maximum absolute atomic E-state index is 11.9. The number of rotatable bonds is 5. The summed E-state index contributed by atoms with van der Waals surface area (Å²) in [6, 6.07) is 3.82. The van der Waals surface area contributed by atoms with Crippen LogP contribution in [0.25, 0.3) is 0 Å².